The Morgan fingerprint density at radius 3 is 2.41 bits per heavy atom. The molecular formula is C39H62N2O5. The van der Waals surface area contributed by atoms with Crippen LogP contribution in [-0.4, -0.2) is 90.3 Å². The Morgan fingerprint density at radius 1 is 1.07 bits per heavy atom. The first-order valence-electron chi connectivity index (χ1n) is 19.2. The zero-order chi connectivity index (χ0) is 32.6. The van der Waals surface area contributed by atoms with E-state index >= 15 is 0 Å². The summed E-state index contributed by atoms with van der Waals surface area (Å²) < 4.78 is 13.4. The van der Waals surface area contributed by atoms with E-state index in [1.54, 1.807) is 0 Å². The molecule has 0 radical (unpaired) electrons. The summed E-state index contributed by atoms with van der Waals surface area (Å²) in [5, 5.41) is 11.5. The average Bonchev–Trinajstić information content (AvgIpc) is 3.73. The Labute approximate surface area is 278 Å². The summed E-state index contributed by atoms with van der Waals surface area (Å²) in [6, 6.07) is 0.627. The van der Waals surface area contributed by atoms with Gasteiger partial charge in [-0.25, -0.2) is 0 Å². The fourth-order valence-corrected chi connectivity index (χ4v) is 13.2. The lowest BCUT2D eigenvalue weighted by Crippen LogP contribution is -2.65. The Balaban J connectivity index is 1.16. The van der Waals surface area contributed by atoms with Crippen molar-refractivity contribution < 1.29 is 24.2 Å². The number of carboxylic acids is 1. The van der Waals surface area contributed by atoms with Crippen LogP contribution in [0, 0.1) is 51.8 Å². The van der Waals surface area contributed by atoms with Gasteiger partial charge in [-0.3, -0.25) is 9.69 Å². The van der Waals surface area contributed by atoms with Gasteiger partial charge >= 0.3 is 5.97 Å². The SMILES string of the molecule is CCCC[C@@H]1C[C@H]([C@]23C[C@@H]4[C@H](C)CC[C@H]4[C@@]4(C=O)C[C@@H]2C=C(C(C)C)[C@@]34C(=O)O)O[C@H]1CN1CCC(N2C[C@@H](C)O[C@@H](C)C2)CC1. The van der Waals surface area contributed by atoms with Crippen LogP contribution >= 0.6 is 0 Å². The second-order valence-corrected chi connectivity index (χ2v) is 17.4. The number of ether oxygens (including phenoxy) is 2. The number of hydrogen-bond donors (Lipinski definition) is 1. The molecule has 7 nitrogen and oxygen atoms in total. The summed E-state index contributed by atoms with van der Waals surface area (Å²) in [5.74, 6) is 1.00. The molecule has 3 saturated carbocycles. The van der Waals surface area contributed by atoms with Crippen molar-refractivity contribution in [2.45, 2.75) is 136 Å². The molecule has 4 aliphatic carbocycles. The van der Waals surface area contributed by atoms with Crippen LogP contribution in [0.25, 0.3) is 0 Å². The Kier molecular flexibility index (Phi) is 8.85. The Hall–Kier alpha value is -1.28. The zero-order valence-electron chi connectivity index (χ0n) is 29.6. The molecule has 46 heavy (non-hydrogen) atoms. The van der Waals surface area contributed by atoms with E-state index in [1.807, 2.05) is 0 Å². The minimum absolute atomic E-state index is 0.0994. The zero-order valence-corrected chi connectivity index (χ0v) is 29.6. The molecule has 12 atom stereocenters. The summed E-state index contributed by atoms with van der Waals surface area (Å²) in [4.78, 5) is 33.0. The molecule has 0 spiro atoms. The topological polar surface area (TPSA) is 79.3 Å². The molecule has 0 amide bonds. The van der Waals surface area contributed by atoms with E-state index in [0.29, 0.717) is 42.4 Å². The average molecular weight is 639 g/mol. The van der Waals surface area contributed by atoms with Crippen molar-refractivity contribution >= 4 is 12.3 Å². The van der Waals surface area contributed by atoms with Gasteiger partial charge in [0.15, 0.2) is 0 Å². The maximum absolute atomic E-state index is 14.1. The second-order valence-electron chi connectivity index (χ2n) is 17.4. The number of morpholine rings is 1. The van der Waals surface area contributed by atoms with Crippen molar-refractivity contribution in [2.75, 3.05) is 32.7 Å². The number of hydrogen-bond acceptors (Lipinski definition) is 6. The van der Waals surface area contributed by atoms with E-state index < -0.39 is 22.2 Å². The quantitative estimate of drug-likeness (QED) is 0.218. The lowest BCUT2D eigenvalue weighted by atomic mass is 9.41. The monoisotopic (exact) mass is 638 g/mol. The van der Waals surface area contributed by atoms with Crippen molar-refractivity contribution in [3.8, 4) is 0 Å². The van der Waals surface area contributed by atoms with E-state index in [1.165, 1.54) is 25.5 Å². The van der Waals surface area contributed by atoms with Gasteiger partial charge in [0.2, 0.25) is 0 Å². The van der Waals surface area contributed by atoms with Gasteiger partial charge in [0.1, 0.15) is 11.7 Å². The van der Waals surface area contributed by atoms with Gasteiger partial charge in [0.25, 0.3) is 0 Å². The number of carbonyl (C=O) groups is 2. The fraction of sp³-hybridized carbons (Fsp3) is 0.897. The molecule has 0 aromatic carbocycles. The number of likely N-dealkylation sites (tertiary alicyclic amines) is 1. The van der Waals surface area contributed by atoms with E-state index in [0.717, 1.165) is 76.8 Å². The van der Waals surface area contributed by atoms with Crippen LogP contribution < -0.4 is 0 Å². The Morgan fingerprint density at radius 2 is 1.78 bits per heavy atom. The van der Waals surface area contributed by atoms with Crippen molar-refractivity contribution in [2.24, 2.45) is 51.8 Å². The molecule has 3 aliphatic heterocycles. The highest BCUT2D eigenvalue weighted by Crippen LogP contribution is 2.84. The smallest absolute Gasteiger partial charge is 0.315 e. The van der Waals surface area contributed by atoms with Crippen LogP contribution in [0.5, 0.6) is 0 Å². The molecule has 7 rings (SSSR count). The molecule has 0 aromatic heterocycles. The van der Waals surface area contributed by atoms with Gasteiger partial charge in [-0.1, -0.05) is 58.6 Å². The van der Waals surface area contributed by atoms with Gasteiger partial charge < -0.3 is 24.3 Å². The molecule has 3 heterocycles. The predicted molar refractivity (Wildman–Crippen MR) is 179 cm³/mol. The largest absolute Gasteiger partial charge is 0.481 e. The summed E-state index contributed by atoms with van der Waals surface area (Å²) in [6.07, 6.45) is 14.6. The minimum Gasteiger partial charge on any atom is -0.481 e. The maximum Gasteiger partial charge on any atom is 0.315 e. The molecule has 3 saturated heterocycles. The summed E-state index contributed by atoms with van der Waals surface area (Å²) >= 11 is 0. The summed E-state index contributed by atoms with van der Waals surface area (Å²) in [6.45, 7) is 18.5. The number of unbranched alkanes of at least 4 members (excludes halogenated alkanes) is 1. The van der Waals surface area contributed by atoms with Gasteiger partial charge in [-0.05, 0) is 107 Å². The van der Waals surface area contributed by atoms with Crippen LogP contribution in [0.3, 0.4) is 0 Å². The number of rotatable bonds is 10. The number of carbonyl (C=O) groups excluding carboxylic acids is 1. The number of aldehydes is 1. The van der Waals surface area contributed by atoms with Crippen molar-refractivity contribution in [1.29, 1.82) is 0 Å². The molecule has 0 aromatic rings. The molecule has 6 fully saturated rings. The lowest BCUT2D eigenvalue weighted by molar-refractivity contribution is -0.197. The summed E-state index contributed by atoms with van der Waals surface area (Å²) in [5.41, 5.74) is -1.46. The van der Waals surface area contributed by atoms with Gasteiger partial charge in [-0.15, -0.1) is 0 Å². The molecular weight excluding hydrogens is 576 g/mol. The number of fused-ring (bicyclic) bond motifs is 2. The second kappa shape index (κ2) is 12.2. The van der Waals surface area contributed by atoms with Crippen molar-refractivity contribution in [3.63, 3.8) is 0 Å². The van der Waals surface area contributed by atoms with Crippen molar-refractivity contribution in [3.05, 3.63) is 11.6 Å². The molecule has 0 unspecified atom stereocenters. The van der Waals surface area contributed by atoms with E-state index in [9.17, 15) is 14.7 Å². The molecule has 258 valence electrons. The van der Waals surface area contributed by atoms with Crippen LogP contribution in [-0.2, 0) is 19.1 Å². The minimum atomic E-state index is -1.15. The number of carboxylic acid groups (broad SMARTS) is 1. The number of piperidine rings is 1. The molecule has 1 N–H and O–H groups in total. The highest BCUT2D eigenvalue weighted by Gasteiger charge is 2.86. The molecule has 4 bridgehead atoms. The third kappa shape index (κ3) is 4.63. The maximum atomic E-state index is 14.1. The number of allylic oxidation sites excluding steroid dienone is 1. The van der Waals surface area contributed by atoms with Crippen LogP contribution in [0.2, 0.25) is 0 Å². The fourth-order valence-electron chi connectivity index (χ4n) is 13.2. The van der Waals surface area contributed by atoms with E-state index in [2.05, 4.69) is 57.4 Å². The Bertz CT molecular complexity index is 1190. The predicted octanol–water partition coefficient (Wildman–Crippen LogP) is 6.45. The first-order valence-corrected chi connectivity index (χ1v) is 19.2. The molecule has 7 aliphatic rings. The third-order valence-corrected chi connectivity index (χ3v) is 14.8. The lowest BCUT2D eigenvalue weighted by Gasteiger charge is -2.60. The highest BCUT2D eigenvalue weighted by molar-refractivity contribution is 5.90. The third-order valence-electron chi connectivity index (χ3n) is 14.8. The van der Waals surface area contributed by atoms with Crippen molar-refractivity contribution in [1.82, 2.24) is 9.80 Å². The molecule has 7 heteroatoms. The normalized spacial score (nSPS) is 47.8. The van der Waals surface area contributed by atoms with Gasteiger partial charge in [-0.2, -0.15) is 0 Å². The van der Waals surface area contributed by atoms with E-state index in [-0.39, 0.29) is 30.0 Å². The first-order chi connectivity index (χ1) is 22.0. The number of aliphatic carboxylic acids is 1. The van der Waals surface area contributed by atoms with Crippen LogP contribution in [0.4, 0.5) is 0 Å². The standard InChI is InChI=1S/C39H62N2O5/c1-7-8-9-28-16-35(46-34(28)22-40-14-12-30(13-15-40)41-20-26(5)45-27(6)21-41)38-19-31-25(4)10-11-32(31)37(23-42)18-29(38)17-33(24(2)3)39(37,38)36(43)44/h17,23-32,34-35H,7-16,18-22H2,1-6H3,(H,43,44)/t25-,26-,27+,28-,29+,31-,32-,34+,35-,37+,38+,39+/m1/s1. The van der Waals surface area contributed by atoms with Gasteiger partial charge in [0, 0.05) is 31.1 Å². The van der Waals surface area contributed by atoms with Gasteiger partial charge in [0.05, 0.1) is 29.8 Å². The summed E-state index contributed by atoms with van der Waals surface area (Å²) in [7, 11) is 0. The van der Waals surface area contributed by atoms with E-state index in [4.69, 9.17) is 9.47 Å². The first kappa shape index (κ1) is 33.2. The number of nitrogens with zero attached hydrogens (tertiary/aromatic N) is 2. The van der Waals surface area contributed by atoms with Crippen LogP contribution in [0.15, 0.2) is 11.6 Å². The van der Waals surface area contributed by atoms with Crippen LogP contribution in [0.1, 0.15) is 106 Å². The highest BCUT2D eigenvalue weighted by atomic mass is 16.5.